The first-order chi connectivity index (χ1) is 13.7. The molecule has 0 radical (unpaired) electrons. The van der Waals surface area contributed by atoms with E-state index in [1.807, 2.05) is 91.0 Å². The van der Waals surface area contributed by atoms with Crippen molar-refractivity contribution >= 4 is 22.3 Å². The molecule has 0 bridgehead atoms. The maximum absolute atomic E-state index is 13.3. The largest absolute Gasteiger partial charge is 0.294 e. The molecular formula is C26H20O2. The summed E-state index contributed by atoms with van der Waals surface area (Å²) >= 11 is 0. The average Bonchev–Trinajstić information content (AvgIpc) is 2.77. The van der Waals surface area contributed by atoms with Gasteiger partial charge in [0.15, 0.2) is 11.6 Å². The van der Waals surface area contributed by atoms with Gasteiger partial charge in [-0.3, -0.25) is 9.59 Å². The summed E-state index contributed by atoms with van der Waals surface area (Å²) in [7, 11) is 0. The molecule has 0 fully saturated rings. The maximum atomic E-state index is 13.3. The van der Waals surface area contributed by atoms with E-state index in [2.05, 4.69) is 0 Å². The number of carbonyl (C=O) groups is 2. The van der Waals surface area contributed by atoms with E-state index in [9.17, 15) is 9.59 Å². The Labute approximate surface area is 164 Å². The summed E-state index contributed by atoms with van der Waals surface area (Å²) in [6.45, 7) is 0. The summed E-state index contributed by atoms with van der Waals surface area (Å²) in [4.78, 5) is 26.2. The van der Waals surface area contributed by atoms with Crippen LogP contribution in [0.15, 0.2) is 103 Å². The predicted molar refractivity (Wildman–Crippen MR) is 113 cm³/mol. The van der Waals surface area contributed by atoms with Gasteiger partial charge in [0.25, 0.3) is 0 Å². The quantitative estimate of drug-likeness (QED) is 0.389. The average molecular weight is 364 g/mol. The van der Waals surface area contributed by atoms with E-state index in [4.69, 9.17) is 0 Å². The van der Waals surface area contributed by atoms with Gasteiger partial charge >= 0.3 is 0 Å². The summed E-state index contributed by atoms with van der Waals surface area (Å²) < 4.78 is 0. The van der Waals surface area contributed by atoms with E-state index in [0.29, 0.717) is 11.1 Å². The third-order valence-electron chi connectivity index (χ3n) is 5.04. The van der Waals surface area contributed by atoms with E-state index >= 15 is 0 Å². The van der Waals surface area contributed by atoms with Crippen LogP contribution in [-0.2, 0) is 0 Å². The molecule has 4 aromatic carbocycles. The van der Waals surface area contributed by atoms with E-state index in [0.717, 1.165) is 16.3 Å². The number of fused-ring (bicyclic) bond motifs is 1. The summed E-state index contributed by atoms with van der Waals surface area (Å²) in [5.41, 5.74) is 2.13. The lowest BCUT2D eigenvalue weighted by atomic mass is 9.84. The molecule has 0 heterocycles. The Morgan fingerprint density at radius 3 is 1.86 bits per heavy atom. The summed E-state index contributed by atoms with van der Waals surface area (Å²) in [6, 6.07) is 32.4. The van der Waals surface area contributed by atoms with Crippen LogP contribution in [-0.4, -0.2) is 11.6 Å². The highest BCUT2D eigenvalue weighted by Gasteiger charge is 2.25. The molecule has 1 unspecified atom stereocenters. The van der Waals surface area contributed by atoms with E-state index in [1.165, 1.54) is 0 Å². The highest BCUT2D eigenvalue weighted by molar-refractivity contribution is 6.06. The lowest BCUT2D eigenvalue weighted by Crippen LogP contribution is -2.17. The van der Waals surface area contributed by atoms with Crippen molar-refractivity contribution in [1.29, 1.82) is 0 Å². The molecule has 136 valence electrons. The van der Waals surface area contributed by atoms with Gasteiger partial charge in [0.1, 0.15) is 0 Å². The zero-order chi connectivity index (χ0) is 19.3. The molecule has 0 N–H and O–H groups in total. The topological polar surface area (TPSA) is 34.1 Å². The number of hydrogen-bond donors (Lipinski definition) is 0. The highest BCUT2D eigenvalue weighted by Crippen LogP contribution is 2.29. The number of carbonyl (C=O) groups excluding carboxylic acids is 2. The fourth-order valence-electron chi connectivity index (χ4n) is 3.52. The molecule has 1 atom stereocenters. The molecule has 0 spiro atoms. The Hall–Kier alpha value is -3.52. The van der Waals surface area contributed by atoms with E-state index in [-0.39, 0.29) is 18.0 Å². The smallest absolute Gasteiger partial charge is 0.170 e. The normalized spacial score (nSPS) is 11.9. The molecule has 2 heteroatoms. The van der Waals surface area contributed by atoms with Gasteiger partial charge in [0.2, 0.25) is 0 Å². The van der Waals surface area contributed by atoms with Crippen LogP contribution in [0.3, 0.4) is 0 Å². The number of rotatable bonds is 6. The van der Waals surface area contributed by atoms with Crippen molar-refractivity contribution in [2.24, 2.45) is 0 Å². The first-order valence-corrected chi connectivity index (χ1v) is 9.38. The van der Waals surface area contributed by atoms with Crippen molar-refractivity contribution in [1.82, 2.24) is 0 Å². The Morgan fingerprint density at radius 2 is 1.18 bits per heavy atom. The molecule has 0 saturated carbocycles. The van der Waals surface area contributed by atoms with Gasteiger partial charge in [-0.25, -0.2) is 0 Å². The molecule has 0 aliphatic carbocycles. The van der Waals surface area contributed by atoms with Gasteiger partial charge in [0.05, 0.1) is 5.92 Å². The van der Waals surface area contributed by atoms with Crippen molar-refractivity contribution < 1.29 is 9.59 Å². The molecule has 0 amide bonds. The molecule has 28 heavy (non-hydrogen) atoms. The van der Waals surface area contributed by atoms with Gasteiger partial charge in [-0.2, -0.15) is 0 Å². The minimum atomic E-state index is -0.514. The van der Waals surface area contributed by atoms with Crippen molar-refractivity contribution in [3.8, 4) is 0 Å². The molecular weight excluding hydrogens is 344 g/mol. The third kappa shape index (κ3) is 3.77. The minimum absolute atomic E-state index is 0.0250. The van der Waals surface area contributed by atoms with Crippen molar-refractivity contribution in [3.05, 3.63) is 120 Å². The Morgan fingerprint density at radius 1 is 0.607 bits per heavy atom. The monoisotopic (exact) mass is 364 g/mol. The first-order valence-electron chi connectivity index (χ1n) is 9.38. The number of benzene rings is 4. The second-order valence-electron chi connectivity index (χ2n) is 6.88. The fourth-order valence-corrected chi connectivity index (χ4v) is 3.52. The van der Waals surface area contributed by atoms with Gasteiger partial charge < -0.3 is 0 Å². The molecule has 4 aromatic rings. The zero-order valence-corrected chi connectivity index (χ0v) is 15.4. The predicted octanol–water partition coefficient (Wildman–Crippen LogP) is 6.08. The molecule has 0 saturated heterocycles. The summed E-state index contributed by atoms with van der Waals surface area (Å²) in [5, 5.41) is 2.18. The number of ketones is 2. The van der Waals surface area contributed by atoms with Crippen LogP contribution in [0, 0.1) is 0 Å². The Bertz CT molecular complexity index is 1110. The van der Waals surface area contributed by atoms with Crippen LogP contribution in [0.5, 0.6) is 0 Å². The zero-order valence-electron chi connectivity index (χ0n) is 15.4. The first kappa shape index (κ1) is 17.9. The van der Waals surface area contributed by atoms with Crippen molar-refractivity contribution in [3.63, 3.8) is 0 Å². The van der Waals surface area contributed by atoms with Crippen LogP contribution < -0.4 is 0 Å². The van der Waals surface area contributed by atoms with Crippen LogP contribution in [0.25, 0.3) is 10.8 Å². The van der Waals surface area contributed by atoms with Crippen molar-refractivity contribution in [2.45, 2.75) is 12.3 Å². The van der Waals surface area contributed by atoms with Crippen LogP contribution in [0.2, 0.25) is 0 Å². The van der Waals surface area contributed by atoms with Crippen LogP contribution in [0.4, 0.5) is 0 Å². The molecule has 0 aliphatic rings. The molecule has 2 nitrogen and oxygen atoms in total. The third-order valence-corrected chi connectivity index (χ3v) is 5.04. The maximum Gasteiger partial charge on any atom is 0.170 e. The Kier molecular flexibility index (Phi) is 5.11. The van der Waals surface area contributed by atoms with Crippen LogP contribution in [0.1, 0.15) is 38.6 Å². The van der Waals surface area contributed by atoms with E-state index < -0.39 is 5.92 Å². The van der Waals surface area contributed by atoms with Gasteiger partial charge in [0, 0.05) is 17.5 Å². The van der Waals surface area contributed by atoms with Crippen LogP contribution >= 0.6 is 0 Å². The molecule has 4 rings (SSSR count). The second-order valence-corrected chi connectivity index (χ2v) is 6.88. The lowest BCUT2D eigenvalue weighted by molar-refractivity contribution is 0.0893. The van der Waals surface area contributed by atoms with Crippen molar-refractivity contribution in [2.75, 3.05) is 0 Å². The second kappa shape index (κ2) is 8.01. The standard InChI is InChI=1S/C26H20O2/c27-25(20-10-3-1-4-11-20)18-24(26(28)21-12-5-2-6-13-21)23-16-15-19-9-7-8-14-22(19)17-23/h1-17,24H,18H2. The van der Waals surface area contributed by atoms with Gasteiger partial charge in [-0.1, -0.05) is 103 Å². The van der Waals surface area contributed by atoms with Gasteiger partial charge in [-0.15, -0.1) is 0 Å². The minimum Gasteiger partial charge on any atom is -0.294 e. The summed E-state index contributed by atoms with van der Waals surface area (Å²) in [5.74, 6) is -0.567. The number of Topliss-reactive ketones (excluding diaryl/α,β-unsaturated/α-hetero) is 2. The highest BCUT2D eigenvalue weighted by atomic mass is 16.1. The molecule has 0 aliphatic heterocycles. The molecule has 0 aromatic heterocycles. The van der Waals surface area contributed by atoms with Gasteiger partial charge in [-0.05, 0) is 16.3 Å². The fraction of sp³-hybridized carbons (Fsp3) is 0.0769. The summed E-state index contributed by atoms with van der Waals surface area (Å²) in [6.07, 6.45) is 0.149. The SMILES string of the molecule is O=C(CC(C(=O)c1ccccc1)c1ccc2ccccc2c1)c1ccccc1. The number of hydrogen-bond acceptors (Lipinski definition) is 2. The lowest BCUT2D eigenvalue weighted by Gasteiger charge is -2.17. The van der Waals surface area contributed by atoms with E-state index in [1.54, 1.807) is 12.1 Å². The Balaban J connectivity index is 1.74.